The molecule has 0 radical (unpaired) electrons. The first-order valence-electron chi connectivity index (χ1n) is 5.44. The predicted molar refractivity (Wildman–Crippen MR) is 57.1 cm³/mol. The third-order valence-corrected chi connectivity index (χ3v) is 3.35. The van der Waals surface area contributed by atoms with Gasteiger partial charge >= 0.3 is 5.97 Å². The first-order chi connectivity index (χ1) is 6.50. The molecule has 1 fully saturated rings. The van der Waals surface area contributed by atoms with Crippen LogP contribution in [0.25, 0.3) is 0 Å². The van der Waals surface area contributed by atoms with Crippen LogP contribution < -0.4 is 0 Å². The van der Waals surface area contributed by atoms with Gasteiger partial charge in [0.2, 0.25) is 0 Å². The van der Waals surface area contributed by atoms with Gasteiger partial charge in [-0.05, 0) is 37.0 Å². The van der Waals surface area contributed by atoms with Crippen LogP contribution >= 0.6 is 0 Å². The first kappa shape index (κ1) is 11.3. The zero-order chi connectivity index (χ0) is 10.7. The zero-order valence-corrected chi connectivity index (χ0v) is 9.29. The molecule has 1 rings (SSSR count). The Bertz CT molecular complexity index is 241. The maximum absolute atomic E-state index is 10.6. The molecule has 0 bridgehead atoms. The minimum atomic E-state index is -0.795. The Labute approximate surface area is 86.0 Å². The van der Waals surface area contributed by atoms with Gasteiger partial charge in [0.15, 0.2) is 0 Å². The molecule has 2 heteroatoms. The highest BCUT2D eigenvalue weighted by Crippen LogP contribution is 2.36. The molecule has 1 aliphatic carbocycles. The van der Waals surface area contributed by atoms with E-state index in [2.05, 4.69) is 20.8 Å². The second-order valence-electron chi connectivity index (χ2n) is 4.74. The Morgan fingerprint density at radius 2 is 2.14 bits per heavy atom. The summed E-state index contributed by atoms with van der Waals surface area (Å²) in [5.74, 6) is 1.01. The van der Waals surface area contributed by atoms with Crippen molar-refractivity contribution >= 4 is 5.97 Å². The van der Waals surface area contributed by atoms with Gasteiger partial charge in [0, 0.05) is 6.08 Å². The van der Waals surface area contributed by atoms with E-state index in [9.17, 15) is 4.79 Å². The van der Waals surface area contributed by atoms with Crippen molar-refractivity contribution < 1.29 is 9.90 Å². The standard InChI is InChI=1S/C12H20O2/c1-8(2)10-5-4-9(3)11(6-10)7-12(13)14/h7-10H,4-6H2,1-3H3,(H,13,14). The van der Waals surface area contributed by atoms with Crippen molar-refractivity contribution in [1.82, 2.24) is 0 Å². The molecule has 0 aromatic carbocycles. The van der Waals surface area contributed by atoms with Crippen LogP contribution in [0.3, 0.4) is 0 Å². The number of allylic oxidation sites excluding steroid dienone is 1. The summed E-state index contributed by atoms with van der Waals surface area (Å²) in [7, 11) is 0. The van der Waals surface area contributed by atoms with E-state index in [4.69, 9.17) is 5.11 Å². The number of carbonyl (C=O) groups is 1. The number of hydrogen-bond acceptors (Lipinski definition) is 1. The molecule has 0 saturated heterocycles. The molecule has 0 amide bonds. The fourth-order valence-electron chi connectivity index (χ4n) is 2.18. The van der Waals surface area contributed by atoms with E-state index in [1.54, 1.807) is 0 Å². The van der Waals surface area contributed by atoms with Crippen molar-refractivity contribution in [2.75, 3.05) is 0 Å². The number of aliphatic carboxylic acids is 1. The lowest BCUT2D eigenvalue weighted by Gasteiger charge is -2.31. The van der Waals surface area contributed by atoms with E-state index in [-0.39, 0.29) is 0 Å². The van der Waals surface area contributed by atoms with Gasteiger partial charge in [0.1, 0.15) is 0 Å². The van der Waals surface area contributed by atoms with Crippen LogP contribution in [0, 0.1) is 17.8 Å². The van der Waals surface area contributed by atoms with Gasteiger partial charge in [-0.1, -0.05) is 26.3 Å². The molecule has 1 aliphatic rings. The minimum absolute atomic E-state index is 0.459. The molecule has 80 valence electrons. The van der Waals surface area contributed by atoms with Crippen LogP contribution in [-0.2, 0) is 4.79 Å². The van der Waals surface area contributed by atoms with Crippen molar-refractivity contribution in [2.24, 2.45) is 17.8 Å². The van der Waals surface area contributed by atoms with Crippen molar-refractivity contribution in [3.05, 3.63) is 11.6 Å². The monoisotopic (exact) mass is 196 g/mol. The summed E-state index contributed by atoms with van der Waals surface area (Å²) >= 11 is 0. The van der Waals surface area contributed by atoms with Gasteiger partial charge in [-0.25, -0.2) is 4.79 Å². The average molecular weight is 196 g/mol. The first-order valence-corrected chi connectivity index (χ1v) is 5.44. The van der Waals surface area contributed by atoms with Gasteiger partial charge in [0.25, 0.3) is 0 Å². The third kappa shape index (κ3) is 2.86. The summed E-state index contributed by atoms with van der Waals surface area (Å²) in [4.78, 5) is 10.6. The lowest BCUT2D eigenvalue weighted by molar-refractivity contribution is -0.131. The summed E-state index contributed by atoms with van der Waals surface area (Å²) in [5.41, 5.74) is 1.13. The van der Waals surface area contributed by atoms with Crippen LogP contribution in [0.1, 0.15) is 40.0 Å². The average Bonchev–Trinajstić information content (AvgIpc) is 2.07. The Morgan fingerprint density at radius 1 is 1.50 bits per heavy atom. The van der Waals surface area contributed by atoms with E-state index >= 15 is 0 Å². The van der Waals surface area contributed by atoms with Crippen LogP contribution in [0.2, 0.25) is 0 Å². The minimum Gasteiger partial charge on any atom is -0.478 e. The second-order valence-corrected chi connectivity index (χ2v) is 4.74. The SMILES string of the molecule is CC1CCC(C(C)C)CC1=CC(=O)O. The lowest BCUT2D eigenvalue weighted by Crippen LogP contribution is -2.20. The maximum Gasteiger partial charge on any atom is 0.328 e. The van der Waals surface area contributed by atoms with Gasteiger partial charge < -0.3 is 5.11 Å². The molecule has 0 aromatic rings. The second kappa shape index (κ2) is 4.63. The van der Waals surface area contributed by atoms with Crippen molar-refractivity contribution in [3.63, 3.8) is 0 Å². The predicted octanol–water partition coefficient (Wildman–Crippen LogP) is 3.09. The molecule has 2 nitrogen and oxygen atoms in total. The number of carboxylic acids is 1. The Hall–Kier alpha value is -0.790. The lowest BCUT2D eigenvalue weighted by atomic mass is 9.74. The van der Waals surface area contributed by atoms with Crippen LogP contribution in [0.4, 0.5) is 0 Å². The van der Waals surface area contributed by atoms with Crippen molar-refractivity contribution in [2.45, 2.75) is 40.0 Å². The fourth-order valence-corrected chi connectivity index (χ4v) is 2.18. The smallest absolute Gasteiger partial charge is 0.328 e. The molecule has 1 saturated carbocycles. The summed E-state index contributed by atoms with van der Waals surface area (Å²) in [5, 5.41) is 8.73. The number of hydrogen-bond donors (Lipinski definition) is 1. The van der Waals surface area contributed by atoms with E-state index in [0.717, 1.165) is 18.4 Å². The molecule has 14 heavy (non-hydrogen) atoms. The van der Waals surface area contributed by atoms with E-state index < -0.39 is 5.97 Å². The number of rotatable bonds is 2. The summed E-state index contributed by atoms with van der Waals surface area (Å²) < 4.78 is 0. The molecular formula is C12H20O2. The van der Waals surface area contributed by atoms with Crippen LogP contribution in [-0.4, -0.2) is 11.1 Å². The highest BCUT2D eigenvalue weighted by Gasteiger charge is 2.24. The molecule has 2 unspecified atom stereocenters. The van der Waals surface area contributed by atoms with Gasteiger partial charge in [-0.15, -0.1) is 0 Å². The highest BCUT2D eigenvalue weighted by atomic mass is 16.4. The molecule has 0 aromatic heterocycles. The van der Waals surface area contributed by atoms with E-state index in [1.807, 2.05) is 0 Å². The van der Waals surface area contributed by atoms with Gasteiger partial charge in [-0.3, -0.25) is 0 Å². The molecule has 1 N–H and O–H groups in total. The fraction of sp³-hybridized carbons (Fsp3) is 0.750. The number of carboxylic acid groups (broad SMARTS) is 1. The quantitative estimate of drug-likeness (QED) is 0.689. The third-order valence-electron chi connectivity index (χ3n) is 3.35. The Morgan fingerprint density at radius 3 is 2.64 bits per heavy atom. The van der Waals surface area contributed by atoms with Gasteiger partial charge in [-0.2, -0.15) is 0 Å². The van der Waals surface area contributed by atoms with Crippen molar-refractivity contribution in [3.8, 4) is 0 Å². The summed E-state index contributed by atoms with van der Waals surface area (Å²) in [6, 6.07) is 0. The Kier molecular flexibility index (Phi) is 3.73. The highest BCUT2D eigenvalue weighted by molar-refractivity contribution is 5.80. The maximum atomic E-state index is 10.6. The largest absolute Gasteiger partial charge is 0.478 e. The summed E-state index contributed by atoms with van der Waals surface area (Å²) in [6.45, 7) is 6.57. The van der Waals surface area contributed by atoms with E-state index in [0.29, 0.717) is 17.8 Å². The molecular weight excluding hydrogens is 176 g/mol. The van der Waals surface area contributed by atoms with Gasteiger partial charge in [0.05, 0.1) is 0 Å². The topological polar surface area (TPSA) is 37.3 Å². The molecule has 0 spiro atoms. The molecule has 0 aliphatic heterocycles. The summed E-state index contributed by atoms with van der Waals surface area (Å²) in [6.07, 6.45) is 4.78. The van der Waals surface area contributed by atoms with Crippen molar-refractivity contribution in [1.29, 1.82) is 0 Å². The normalized spacial score (nSPS) is 31.0. The molecule has 2 atom stereocenters. The van der Waals surface area contributed by atoms with Crippen LogP contribution in [0.5, 0.6) is 0 Å². The Balaban J connectivity index is 2.69. The van der Waals surface area contributed by atoms with Crippen LogP contribution in [0.15, 0.2) is 11.6 Å². The van der Waals surface area contributed by atoms with E-state index in [1.165, 1.54) is 12.5 Å². The zero-order valence-electron chi connectivity index (χ0n) is 9.29. The molecule has 0 heterocycles.